The lowest BCUT2D eigenvalue weighted by atomic mass is 10.0. The van der Waals surface area contributed by atoms with Gasteiger partial charge in [0.2, 0.25) is 0 Å². The SMILES string of the molecule is COc1ccc(/C(=N\O)c2cccc(NS(=O)(=O)N(C)C)c2)cc1. The first-order valence-electron chi connectivity index (χ1n) is 7.04. The first kappa shape index (κ1) is 17.8. The zero-order chi connectivity index (χ0) is 17.7. The third-order valence-corrected chi connectivity index (χ3v) is 4.78. The van der Waals surface area contributed by atoms with Gasteiger partial charge in [-0.15, -0.1) is 0 Å². The quantitative estimate of drug-likeness (QED) is 0.475. The number of nitrogens with one attached hydrogen (secondary N) is 1. The Labute approximate surface area is 141 Å². The van der Waals surface area contributed by atoms with Gasteiger partial charge in [-0.2, -0.15) is 12.7 Å². The minimum Gasteiger partial charge on any atom is -0.497 e. The van der Waals surface area contributed by atoms with E-state index < -0.39 is 10.2 Å². The van der Waals surface area contributed by atoms with Gasteiger partial charge in [-0.25, -0.2) is 0 Å². The Morgan fingerprint density at radius 1 is 1.12 bits per heavy atom. The maximum atomic E-state index is 11.9. The zero-order valence-corrected chi connectivity index (χ0v) is 14.4. The molecule has 2 aromatic rings. The third kappa shape index (κ3) is 4.03. The second-order valence-electron chi connectivity index (χ2n) is 5.15. The van der Waals surface area contributed by atoms with Crippen molar-refractivity contribution in [3.05, 3.63) is 59.7 Å². The van der Waals surface area contributed by atoms with Gasteiger partial charge < -0.3 is 9.94 Å². The van der Waals surface area contributed by atoms with E-state index in [-0.39, 0.29) is 0 Å². The Kier molecular flexibility index (Phi) is 5.42. The molecule has 24 heavy (non-hydrogen) atoms. The summed E-state index contributed by atoms with van der Waals surface area (Å²) in [4.78, 5) is 0. The average Bonchev–Trinajstić information content (AvgIpc) is 2.56. The summed E-state index contributed by atoms with van der Waals surface area (Å²) in [6.07, 6.45) is 0. The van der Waals surface area contributed by atoms with Gasteiger partial charge >= 0.3 is 10.2 Å². The molecule has 128 valence electrons. The summed E-state index contributed by atoms with van der Waals surface area (Å²) < 4.78 is 32.4. The molecule has 0 amide bonds. The molecule has 0 heterocycles. The molecule has 0 spiro atoms. The number of benzene rings is 2. The van der Waals surface area contributed by atoms with Crippen molar-refractivity contribution in [3.8, 4) is 5.75 Å². The minimum atomic E-state index is -3.61. The van der Waals surface area contributed by atoms with Gasteiger partial charge in [0.25, 0.3) is 0 Å². The first-order chi connectivity index (χ1) is 11.4. The zero-order valence-electron chi connectivity index (χ0n) is 13.6. The summed E-state index contributed by atoms with van der Waals surface area (Å²) in [6, 6.07) is 13.6. The maximum absolute atomic E-state index is 11.9. The van der Waals surface area contributed by atoms with E-state index in [0.717, 1.165) is 4.31 Å². The maximum Gasteiger partial charge on any atom is 0.301 e. The summed E-state index contributed by atoms with van der Waals surface area (Å²) >= 11 is 0. The normalized spacial score (nSPS) is 12.2. The molecule has 7 nitrogen and oxygen atoms in total. The summed E-state index contributed by atoms with van der Waals surface area (Å²) in [5, 5.41) is 12.7. The number of hydrogen-bond acceptors (Lipinski definition) is 5. The van der Waals surface area contributed by atoms with Crippen molar-refractivity contribution in [2.45, 2.75) is 0 Å². The van der Waals surface area contributed by atoms with Crippen LogP contribution in [-0.4, -0.2) is 44.8 Å². The smallest absolute Gasteiger partial charge is 0.301 e. The van der Waals surface area contributed by atoms with Crippen LogP contribution in [0.3, 0.4) is 0 Å². The van der Waals surface area contributed by atoms with Gasteiger partial charge in [-0.1, -0.05) is 17.3 Å². The molecule has 0 saturated carbocycles. The van der Waals surface area contributed by atoms with E-state index in [0.29, 0.717) is 28.3 Å². The fourth-order valence-corrected chi connectivity index (χ4v) is 2.61. The van der Waals surface area contributed by atoms with E-state index in [9.17, 15) is 13.6 Å². The molecule has 0 fully saturated rings. The van der Waals surface area contributed by atoms with Gasteiger partial charge in [0, 0.05) is 25.2 Å². The lowest BCUT2D eigenvalue weighted by Gasteiger charge is -2.14. The molecule has 0 aliphatic rings. The van der Waals surface area contributed by atoms with Crippen molar-refractivity contribution < 1.29 is 18.4 Å². The van der Waals surface area contributed by atoms with E-state index in [4.69, 9.17) is 4.74 Å². The summed E-state index contributed by atoms with van der Waals surface area (Å²) in [5.74, 6) is 0.684. The molecule has 2 rings (SSSR count). The van der Waals surface area contributed by atoms with Crippen LogP contribution in [0.1, 0.15) is 11.1 Å². The molecule has 0 aliphatic carbocycles. The Balaban J connectivity index is 2.35. The largest absolute Gasteiger partial charge is 0.497 e. The number of anilines is 1. The van der Waals surface area contributed by atoms with Gasteiger partial charge in [0.15, 0.2) is 0 Å². The lowest BCUT2D eigenvalue weighted by molar-refractivity contribution is 0.319. The van der Waals surface area contributed by atoms with E-state index in [1.807, 2.05) is 0 Å². The predicted molar refractivity (Wildman–Crippen MR) is 93.1 cm³/mol. The van der Waals surface area contributed by atoms with Gasteiger partial charge in [0.05, 0.1) is 12.8 Å². The predicted octanol–water partition coefficient (Wildman–Crippen LogP) is 2.14. The first-order valence-corrected chi connectivity index (χ1v) is 8.48. The van der Waals surface area contributed by atoms with E-state index in [1.54, 1.807) is 55.6 Å². The van der Waals surface area contributed by atoms with Crippen molar-refractivity contribution in [3.63, 3.8) is 0 Å². The molecule has 0 aromatic heterocycles. The van der Waals surface area contributed by atoms with Crippen molar-refractivity contribution in [2.24, 2.45) is 5.16 Å². The van der Waals surface area contributed by atoms with Crippen molar-refractivity contribution in [1.82, 2.24) is 4.31 Å². The number of nitrogens with zero attached hydrogens (tertiary/aromatic N) is 2. The third-order valence-electron chi connectivity index (χ3n) is 3.33. The highest BCUT2D eigenvalue weighted by Crippen LogP contribution is 2.19. The molecule has 0 unspecified atom stereocenters. The van der Waals surface area contributed by atoms with Gasteiger partial charge in [0.1, 0.15) is 11.5 Å². The van der Waals surface area contributed by atoms with E-state index in [1.165, 1.54) is 14.1 Å². The Morgan fingerprint density at radius 2 is 1.79 bits per heavy atom. The summed E-state index contributed by atoms with van der Waals surface area (Å²) in [5.41, 5.74) is 1.94. The second-order valence-corrected chi connectivity index (χ2v) is 7.03. The fourth-order valence-electron chi connectivity index (χ4n) is 2.00. The molecule has 8 heteroatoms. The van der Waals surface area contributed by atoms with E-state index in [2.05, 4.69) is 9.88 Å². The van der Waals surface area contributed by atoms with Crippen molar-refractivity contribution in [2.75, 3.05) is 25.9 Å². The fraction of sp³-hybridized carbons (Fsp3) is 0.188. The lowest BCUT2D eigenvalue weighted by Crippen LogP contribution is -2.29. The van der Waals surface area contributed by atoms with Crippen molar-refractivity contribution >= 4 is 21.6 Å². The van der Waals surface area contributed by atoms with E-state index >= 15 is 0 Å². The number of rotatable bonds is 6. The highest BCUT2D eigenvalue weighted by Gasteiger charge is 2.14. The number of ether oxygens (including phenoxy) is 1. The summed E-state index contributed by atoms with van der Waals surface area (Å²) in [6.45, 7) is 0. The molecule has 0 aliphatic heterocycles. The van der Waals surface area contributed by atoms with Crippen LogP contribution in [0.2, 0.25) is 0 Å². The van der Waals surface area contributed by atoms with Crippen molar-refractivity contribution in [1.29, 1.82) is 0 Å². The summed E-state index contributed by atoms with van der Waals surface area (Å²) in [7, 11) is 0.826. The topological polar surface area (TPSA) is 91.2 Å². The monoisotopic (exact) mass is 349 g/mol. The van der Waals surface area contributed by atoms with Crippen LogP contribution in [0.4, 0.5) is 5.69 Å². The van der Waals surface area contributed by atoms with Crippen LogP contribution >= 0.6 is 0 Å². The molecule has 0 saturated heterocycles. The molecule has 0 bridgehead atoms. The number of hydrogen-bond donors (Lipinski definition) is 2. The molecular formula is C16H19N3O4S. The Morgan fingerprint density at radius 3 is 2.33 bits per heavy atom. The highest BCUT2D eigenvalue weighted by molar-refractivity contribution is 7.90. The van der Waals surface area contributed by atoms with Crippen LogP contribution in [0.5, 0.6) is 5.75 Å². The average molecular weight is 349 g/mol. The number of methoxy groups -OCH3 is 1. The molecule has 2 N–H and O–H groups in total. The Hall–Kier alpha value is -2.58. The highest BCUT2D eigenvalue weighted by atomic mass is 32.2. The van der Waals surface area contributed by atoms with Crippen LogP contribution in [-0.2, 0) is 10.2 Å². The minimum absolute atomic E-state index is 0.323. The van der Waals surface area contributed by atoms with Gasteiger partial charge in [-0.05, 0) is 36.4 Å². The Bertz CT molecular complexity index is 831. The van der Waals surface area contributed by atoms with Crippen LogP contribution in [0.25, 0.3) is 0 Å². The molecule has 2 aromatic carbocycles. The second kappa shape index (κ2) is 7.33. The van der Waals surface area contributed by atoms with Crippen LogP contribution in [0.15, 0.2) is 53.7 Å². The van der Waals surface area contributed by atoms with Gasteiger partial charge in [-0.3, -0.25) is 4.72 Å². The number of oxime groups is 1. The molecule has 0 radical (unpaired) electrons. The van der Waals surface area contributed by atoms with Crippen LogP contribution in [0, 0.1) is 0 Å². The molecular weight excluding hydrogens is 330 g/mol. The van der Waals surface area contributed by atoms with Crippen LogP contribution < -0.4 is 9.46 Å². The standard InChI is InChI=1S/C16H19N3O4S/c1-19(2)24(21,22)18-14-6-4-5-13(11-14)16(17-20)12-7-9-15(23-3)10-8-12/h4-11,18,20H,1-3H3/b17-16+. The molecule has 0 atom stereocenters.